The van der Waals surface area contributed by atoms with Crippen LogP contribution in [0.5, 0.6) is 0 Å². The van der Waals surface area contributed by atoms with Gasteiger partial charge in [0.25, 0.3) is 0 Å². The van der Waals surface area contributed by atoms with Crippen molar-refractivity contribution in [2.24, 2.45) is 0 Å². The van der Waals surface area contributed by atoms with Crippen molar-refractivity contribution in [1.29, 1.82) is 0 Å². The Morgan fingerprint density at radius 3 is 2.70 bits per heavy atom. The minimum Gasteiger partial charge on any atom is -0.343 e. The smallest absolute Gasteiger partial charge is 0.246 e. The average molecular weight is 359 g/mol. The maximum absolute atomic E-state index is 12.5. The minimum absolute atomic E-state index is 0.0195. The second-order valence-electron chi connectivity index (χ2n) is 4.97. The number of carbonyl (C=O) groups excluding carboxylic acids is 2. The number of halogens is 1. The Morgan fingerprint density at radius 2 is 2.15 bits per heavy atom. The molecule has 2 rings (SSSR count). The fourth-order valence-corrected chi connectivity index (χ4v) is 3.90. The monoisotopic (exact) mass is 358 g/mol. The molecule has 0 aliphatic carbocycles. The summed E-state index contributed by atoms with van der Waals surface area (Å²) in [6.07, 6.45) is 2.22. The van der Waals surface area contributed by atoms with Crippen molar-refractivity contribution < 1.29 is 9.59 Å². The number of rotatable bonds is 5. The molecule has 1 aromatic rings. The number of thiophene rings is 1. The molecule has 1 saturated heterocycles. The van der Waals surface area contributed by atoms with E-state index >= 15 is 0 Å². The summed E-state index contributed by atoms with van der Waals surface area (Å²) in [7, 11) is 0. The Morgan fingerprint density at radius 1 is 1.40 bits per heavy atom. The van der Waals surface area contributed by atoms with Gasteiger partial charge < -0.3 is 10.2 Å². The summed E-state index contributed by atoms with van der Waals surface area (Å²) in [5, 5.41) is 4.83. The van der Waals surface area contributed by atoms with Crippen molar-refractivity contribution in [2.75, 3.05) is 0 Å². The van der Waals surface area contributed by atoms with Crippen LogP contribution in [-0.2, 0) is 16.1 Å². The Kier molecular flexibility index (Phi) is 5.21. The van der Waals surface area contributed by atoms with Gasteiger partial charge in [-0.2, -0.15) is 0 Å². The molecule has 1 aliphatic rings. The summed E-state index contributed by atoms with van der Waals surface area (Å²) in [5.41, 5.74) is 0. The van der Waals surface area contributed by atoms with E-state index < -0.39 is 0 Å². The summed E-state index contributed by atoms with van der Waals surface area (Å²) < 4.78 is 1.02. The molecule has 20 heavy (non-hydrogen) atoms. The lowest BCUT2D eigenvalue weighted by Gasteiger charge is -2.38. The van der Waals surface area contributed by atoms with Gasteiger partial charge >= 0.3 is 0 Å². The first-order valence-electron chi connectivity index (χ1n) is 6.90. The molecular weight excluding hydrogens is 340 g/mol. The van der Waals surface area contributed by atoms with Gasteiger partial charge in [0.15, 0.2) is 0 Å². The standard InChI is InChI=1S/C14H19BrN2O2S/c1-3-5-12-13(18)16-11(4-2)14(19)17(12)7-10-6-9(15)8-20-10/h6,8,11-12H,3-5,7H2,1-2H3,(H,16,18). The summed E-state index contributed by atoms with van der Waals surface area (Å²) >= 11 is 5.03. The summed E-state index contributed by atoms with van der Waals surface area (Å²) in [6.45, 7) is 4.47. The van der Waals surface area contributed by atoms with Crippen LogP contribution in [0.1, 0.15) is 38.0 Å². The third-order valence-electron chi connectivity index (χ3n) is 3.49. The Hall–Kier alpha value is -0.880. The predicted molar refractivity (Wildman–Crippen MR) is 83.5 cm³/mol. The lowest BCUT2D eigenvalue weighted by Crippen LogP contribution is -2.62. The summed E-state index contributed by atoms with van der Waals surface area (Å²) in [6, 6.07) is 1.30. The number of carbonyl (C=O) groups is 2. The van der Waals surface area contributed by atoms with Gasteiger partial charge in [-0.05, 0) is 34.8 Å². The van der Waals surface area contributed by atoms with Gasteiger partial charge in [0.1, 0.15) is 12.1 Å². The van der Waals surface area contributed by atoms with Crippen LogP contribution in [0.3, 0.4) is 0 Å². The first kappa shape index (κ1) is 15.5. The van der Waals surface area contributed by atoms with Crippen LogP contribution in [0.15, 0.2) is 15.9 Å². The number of hydrogen-bond donors (Lipinski definition) is 1. The number of hydrogen-bond acceptors (Lipinski definition) is 3. The maximum atomic E-state index is 12.5. The minimum atomic E-state index is -0.376. The van der Waals surface area contributed by atoms with Crippen LogP contribution in [-0.4, -0.2) is 28.8 Å². The lowest BCUT2D eigenvalue weighted by atomic mass is 10.0. The van der Waals surface area contributed by atoms with E-state index in [0.29, 0.717) is 19.4 Å². The molecule has 4 nitrogen and oxygen atoms in total. The molecule has 6 heteroatoms. The van der Waals surface area contributed by atoms with Crippen LogP contribution < -0.4 is 5.32 Å². The van der Waals surface area contributed by atoms with Gasteiger partial charge in [0, 0.05) is 14.7 Å². The number of piperazine rings is 1. The van der Waals surface area contributed by atoms with Crippen LogP contribution in [0.25, 0.3) is 0 Å². The quantitative estimate of drug-likeness (QED) is 0.879. The average Bonchev–Trinajstić information content (AvgIpc) is 2.83. The van der Waals surface area contributed by atoms with Crippen LogP contribution in [0.2, 0.25) is 0 Å². The van der Waals surface area contributed by atoms with Crippen molar-refractivity contribution in [2.45, 2.75) is 51.7 Å². The second kappa shape index (κ2) is 6.72. The highest BCUT2D eigenvalue weighted by Gasteiger charge is 2.39. The van der Waals surface area contributed by atoms with E-state index in [1.54, 1.807) is 16.2 Å². The van der Waals surface area contributed by atoms with E-state index in [4.69, 9.17) is 0 Å². The molecule has 1 aliphatic heterocycles. The van der Waals surface area contributed by atoms with E-state index in [9.17, 15) is 9.59 Å². The van der Waals surface area contributed by atoms with Crippen LogP contribution in [0.4, 0.5) is 0 Å². The molecule has 0 radical (unpaired) electrons. The second-order valence-corrected chi connectivity index (χ2v) is 6.88. The number of nitrogens with one attached hydrogen (secondary N) is 1. The maximum Gasteiger partial charge on any atom is 0.246 e. The molecule has 1 aromatic heterocycles. The molecular formula is C14H19BrN2O2S. The van der Waals surface area contributed by atoms with Crippen molar-refractivity contribution in [1.82, 2.24) is 10.2 Å². The highest BCUT2D eigenvalue weighted by molar-refractivity contribution is 9.10. The third-order valence-corrected chi connectivity index (χ3v) is 5.18. The molecule has 1 fully saturated rings. The SMILES string of the molecule is CCCC1C(=O)NC(CC)C(=O)N1Cc1cc(Br)cs1. The summed E-state index contributed by atoms with van der Waals surface area (Å²) in [4.78, 5) is 27.5. The number of amides is 2. The first-order chi connectivity index (χ1) is 9.56. The molecule has 2 atom stereocenters. The van der Waals surface area contributed by atoms with Crippen molar-refractivity contribution in [3.8, 4) is 0 Å². The van der Waals surface area contributed by atoms with E-state index in [2.05, 4.69) is 21.2 Å². The molecule has 2 heterocycles. The molecule has 0 bridgehead atoms. The van der Waals surface area contributed by atoms with Crippen molar-refractivity contribution >= 4 is 39.1 Å². The normalized spacial score (nSPS) is 23.1. The van der Waals surface area contributed by atoms with Gasteiger partial charge in [-0.25, -0.2) is 0 Å². The van der Waals surface area contributed by atoms with Crippen molar-refractivity contribution in [3.05, 3.63) is 20.8 Å². The molecule has 0 spiro atoms. The van der Waals surface area contributed by atoms with Crippen LogP contribution >= 0.6 is 27.3 Å². The highest BCUT2D eigenvalue weighted by Crippen LogP contribution is 2.25. The molecule has 2 unspecified atom stereocenters. The first-order valence-corrected chi connectivity index (χ1v) is 8.57. The van der Waals surface area contributed by atoms with E-state index in [1.165, 1.54) is 0 Å². The Balaban J connectivity index is 2.22. The molecule has 1 N–H and O–H groups in total. The topological polar surface area (TPSA) is 49.4 Å². The zero-order chi connectivity index (χ0) is 14.7. The lowest BCUT2D eigenvalue weighted by molar-refractivity contribution is -0.150. The zero-order valence-electron chi connectivity index (χ0n) is 11.7. The fourth-order valence-electron chi connectivity index (χ4n) is 2.45. The molecule has 0 aromatic carbocycles. The molecule has 110 valence electrons. The Labute approximate surface area is 131 Å². The fraction of sp³-hybridized carbons (Fsp3) is 0.571. The van der Waals surface area contributed by atoms with E-state index in [1.807, 2.05) is 25.3 Å². The van der Waals surface area contributed by atoms with Gasteiger partial charge in [0.2, 0.25) is 11.8 Å². The third kappa shape index (κ3) is 3.23. The molecule has 2 amide bonds. The molecule has 0 saturated carbocycles. The largest absolute Gasteiger partial charge is 0.343 e. The van der Waals surface area contributed by atoms with Gasteiger partial charge in [-0.15, -0.1) is 11.3 Å². The summed E-state index contributed by atoms with van der Waals surface area (Å²) in [5.74, 6) is 0.0176. The van der Waals surface area contributed by atoms with E-state index in [0.717, 1.165) is 15.8 Å². The van der Waals surface area contributed by atoms with Gasteiger partial charge in [-0.3, -0.25) is 9.59 Å². The van der Waals surface area contributed by atoms with Gasteiger partial charge in [0.05, 0.1) is 6.54 Å². The van der Waals surface area contributed by atoms with Gasteiger partial charge in [-0.1, -0.05) is 20.3 Å². The van der Waals surface area contributed by atoms with E-state index in [-0.39, 0.29) is 23.9 Å². The number of nitrogens with zero attached hydrogens (tertiary/aromatic N) is 1. The van der Waals surface area contributed by atoms with Crippen molar-refractivity contribution in [3.63, 3.8) is 0 Å². The van der Waals surface area contributed by atoms with Crippen LogP contribution in [0, 0.1) is 0 Å². The zero-order valence-corrected chi connectivity index (χ0v) is 14.1. The predicted octanol–water partition coefficient (Wildman–Crippen LogP) is 2.92. The Bertz CT molecular complexity index is 503. The highest BCUT2D eigenvalue weighted by atomic mass is 79.9.